The molecule has 85 heavy (non-hydrogen) atoms. The maximum absolute atomic E-state index is 6.99. The van der Waals surface area contributed by atoms with E-state index < -0.39 is 0 Å². The van der Waals surface area contributed by atoms with Crippen molar-refractivity contribution in [3.05, 3.63) is 140 Å². The molecule has 0 N–H and O–H groups in total. The standard InChI is InChI=1S/C69H90N6O10/c1-9-76-60-36-50-30-52-38-66(82-15-7)54(40-64(52)80-13-5)32-56-42-69-57(43-68(56)84-46-58-44-74(72-70-58)27-25-23-21-19-17-18-20-22-24-26-28-75-45-59(47-85-69)71-73-75)33-55-41-65(81-14-6)53(39-67(55)83-16-8)31-51-37-61(77-10-2)49(35-63(51)79-12-4)29-48(60)34-62(50)78-11-3/h34-45H,9-33,46-47H2,1-8H3. The zero-order chi connectivity index (χ0) is 59.3. The Morgan fingerprint density at radius 1 is 0.306 bits per heavy atom. The molecule has 4 heterocycles. The predicted octanol–water partition coefficient (Wildman–Crippen LogP) is 14.4. The van der Waals surface area contributed by atoms with E-state index in [4.69, 9.17) is 47.4 Å². The first kappa shape index (κ1) is 61.9. The minimum Gasteiger partial charge on any atom is -0.494 e. The van der Waals surface area contributed by atoms with E-state index in [9.17, 15) is 0 Å². The van der Waals surface area contributed by atoms with Gasteiger partial charge in [-0.1, -0.05) is 61.8 Å². The Morgan fingerprint density at radius 3 is 0.765 bits per heavy atom. The van der Waals surface area contributed by atoms with Crippen LogP contribution < -0.4 is 47.4 Å². The minimum atomic E-state index is 0.199. The lowest BCUT2D eigenvalue weighted by atomic mass is 9.94. The molecule has 12 aliphatic rings. The quantitative estimate of drug-likeness (QED) is 0.0901. The third-order valence-corrected chi connectivity index (χ3v) is 15.5. The van der Waals surface area contributed by atoms with Gasteiger partial charge in [-0.25, -0.2) is 0 Å². The maximum atomic E-state index is 6.99. The molecule has 0 spiro atoms. The summed E-state index contributed by atoms with van der Waals surface area (Å²) in [7, 11) is 0. The van der Waals surface area contributed by atoms with Crippen LogP contribution in [0, 0.1) is 0 Å². The molecule has 2 aliphatic heterocycles. The van der Waals surface area contributed by atoms with Crippen LogP contribution in [0.1, 0.15) is 187 Å². The van der Waals surface area contributed by atoms with Gasteiger partial charge in [-0.15, -0.1) is 10.2 Å². The Hall–Kier alpha value is -7.62. The van der Waals surface area contributed by atoms with Crippen molar-refractivity contribution >= 4 is 0 Å². The predicted molar refractivity (Wildman–Crippen MR) is 330 cm³/mol. The first-order valence-electron chi connectivity index (χ1n) is 31.6. The number of hydrogen-bond acceptors (Lipinski definition) is 14. The van der Waals surface area contributed by atoms with Crippen LogP contribution >= 0.6 is 0 Å². The molecular weight excluding hydrogens is 1070 g/mol. The molecule has 16 nitrogen and oxygen atoms in total. The van der Waals surface area contributed by atoms with Crippen LogP contribution in [0.3, 0.4) is 0 Å². The van der Waals surface area contributed by atoms with Crippen LogP contribution in [-0.4, -0.2) is 82.8 Å². The molecule has 0 fully saturated rings. The second-order valence-corrected chi connectivity index (χ2v) is 21.7. The van der Waals surface area contributed by atoms with E-state index in [1.807, 2.05) is 77.1 Å². The molecule has 0 amide bonds. The van der Waals surface area contributed by atoms with E-state index in [1.165, 1.54) is 38.5 Å². The summed E-state index contributed by atoms with van der Waals surface area (Å²) in [5.74, 6) is 7.33. The van der Waals surface area contributed by atoms with Crippen molar-refractivity contribution in [2.45, 2.75) is 178 Å². The first-order chi connectivity index (χ1) is 41.7. The fourth-order valence-electron chi connectivity index (χ4n) is 11.5. The maximum Gasteiger partial charge on any atom is 0.134 e. The zero-order valence-electron chi connectivity index (χ0n) is 51.8. The van der Waals surface area contributed by atoms with Crippen molar-refractivity contribution in [3.63, 3.8) is 0 Å². The molecule has 7 aromatic rings. The monoisotopic (exact) mass is 1160 g/mol. The molecule has 0 saturated heterocycles. The van der Waals surface area contributed by atoms with Gasteiger partial charge in [-0.05, 0) is 129 Å². The van der Waals surface area contributed by atoms with Crippen LogP contribution in [0.4, 0.5) is 0 Å². The zero-order valence-corrected chi connectivity index (χ0v) is 51.8. The van der Waals surface area contributed by atoms with E-state index in [1.54, 1.807) is 0 Å². The number of aryl methyl sites for hydroxylation is 2. The molecule has 2 aromatic heterocycles. The number of rotatable bonds is 16. The molecule has 10 aliphatic carbocycles. The lowest BCUT2D eigenvalue weighted by Gasteiger charge is -2.22. The summed E-state index contributed by atoms with van der Waals surface area (Å²) in [4.78, 5) is 0. The minimum absolute atomic E-state index is 0.199. The van der Waals surface area contributed by atoms with Gasteiger partial charge in [-0.3, -0.25) is 9.36 Å². The van der Waals surface area contributed by atoms with Crippen LogP contribution in [0.25, 0.3) is 0 Å². The fraction of sp³-hybridized carbons (Fsp3) is 0.507. The van der Waals surface area contributed by atoms with Crippen molar-refractivity contribution in [1.82, 2.24) is 30.0 Å². The SMILES string of the molecule is CCOc1cc2c(OCC)cc1Cc1cc(OCC)c(cc1OCC)Cc1cc(OCC)c(cc1OCC)Cc1cc3c(cc1OCc1cn(nn1)CCCCCCCCCCCCn1cc(nn1)CO3)Cc1cc(OCC)c(cc1OCC)C2. The fourth-order valence-corrected chi connectivity index (χ4v) is 11.5. The Labute approximate surface area is 503 Å². The summed E-state index contributed by atoms with van der Waals surface area (Å²) >= 11 is 0. The Morgan fingerprint density at radius 2 is 0.529 bits per heavy atom. The molecule has 456 valence electrons. The van der Waals surface area contributed by atoms with Gasteiger partial charge in [0.2, 0.25) is 0 Å². The van der Waals surface area contributed by atoms with E-state index >= 15 is 0 Å². The molecule has 0 radical (unpaired) electrons. The lowest BCUT2D eigenvalue weighted by Crippen LogP contribution is -2.08. The van der Waals surface area contributed by atoms with Crippen LogP contribution in [0.2, 0.25) is 0 Å². The Bertz CT molecular complexity index is 3050. The molecule has 0 saturated carbocycles. The highest BCUT2D eigenvalue weighted by molar-refractivity contribution is 5.60. The molecular formula is C69H90N6O10. The highest BCUT2D eigenvalue weighted by Crippen LogP contribution is 2.43. The van der Waals surface area contributed by atoms with Crippen molar-refractivity contribution < 1.29 is 47.4 Å². The van der Waals surface area contributed by atoms with Crippen LogP contribution in [0.5, 0.6) is 57.5 Å². The summed E-state index contributed by atoms with van der Waals surface area (Å²) in [6.45, 7) is 21.8. The Balaban J connectivity index is 1.26. The van der Waals surface area contributed by atoms with Gasteiger partial charge in [0, 0.05) is 101 Å². The normalized spacial score (nSPS) is 14.5. The first-order valence-corrected chi connectivity index (χ1v) is 31.6. The average molecular weight is 1160 g/mol. The van der Waals surface area contributed by atoms with E-state index in [0.29, 0.717) is 96.5 Å². The van der Waals surface area contributed by atoms with Gasteiger partial charge in [0.05, 0.1) is 65.2 Å². The van der Waals surface area contributed by atoms with Gasteiger partial charge < -0.3 is 47.4 Å². The number of fused-ring (bicyclic) bond motifs is 13. The van der Waals surface area contributed by atoms with Gasteiger partial charge in [-0.2, -0.15) is 0 Å². The molecule has 0 atom stereocenters. The van der Waals surface area contributed by atoms with E-state index in [-0.39, 0.29) is 13.2 Å². The second-order valence-electron chi connectivity index (χ2n) is 21.7. The number of hydrogen-bond donors (Lipinski definition) is 0. The van der Waals surface area contributed by atoms with Gasteiger partial charge in [0.1, 0.15) is 82.1 Å². The van der Waals surface area contributed by atoms with Crippen molar-refractivity contribution in [3.8, 4) is 57.5 Å². The third-order valence-electron chi connectivity index (χ3n) is 15.5. The molecule has 16 heteroatoms. The van der Waals surface area contributed by atoms with Crippen LogP contribution in [-0.2, 0) is 58.4 Å². The smallest absolute Gasteiger partial charge is 0.134 e. The van der Waals surface area contributed by atoms with Crippen molar-refractivity contribution in [2.24, 2.45) is 0 Å². The highest BCUT2D eigenvalue weighted by atomic mass is 16.5. The average Bonchev–Trinajstić information content (AvgIpc) is 4.39. The van der Waals surface area contributed by atoms with Gasteiger partial charge in [0.25, 0.3) is 0 Å². The van der Waals surface area contributed by atoms with E-state index in [0.717, 1.165) is 152 Å². The largest absolute Gasteiger partial charge is 0.494 e. The molecule has 16 bridgehead atoms. The summed E-state index contributed by atoms with van der Waals surface area (Å²) in [6.07, 6.45) is 18.3. The summed E-state index contributed by atoms with van der Waals surface area (Å²) < 4.78 is 70.4. The lowest BCUT2D eigenvalue weighted by molar-refractivity contribution is 0.287. The second kappa shape index (κ2) is 31.5. The summed E-state index contributed by atoms with van der Waals surface area (Å²) in [5, 5.41) is 18.3. The molecule has 0 unspecified atom stereocenters. The highest BCUT2D eigenvalue weighted by Gasteiger charge is 2.25. The summed E-state index contributed by atoms with van der Waals surface area (Å²) in [5.41, 5.74) is 10.8. The summed E-state index contributed by atoms with van der Waals surface area (Å²) in [6, 6.07) is 21.2. The van der Waals surface area contributed by atoms with Crippen molar-refractivity contribution in [2.75, 3.05) is 52.9 Å². The molecule has 5 aromatic carbocycles. The number of benzene rings is 5. The van der Waals surface area contributed by atoms with E-state index in [2.05, 4.69) is 81.3 Å². The number of ether oxygens (including phenoxy) is 10. The van der Waals surface area contributed by atoms with Gasteiger partial charge >= 0.3 is 0 Å². The van der Waals surface area contributed by atoms with Gasteiger partial charge in [0.15, 0.2) is 0 Å². The van der Waals surface area contributed by atoms with Crippen LogP contribution in [0.15, 0.2) is 73.1 Å². The number of aromatic nitrogens is 6. The topological polar surface area (TPSA) is 154 Å². The Kier molecular flexibility index (Phi) is 22.9. The number of nitrogens with zero attached hydrogens (tertiary/aromatic N) is 6. The van der Waals surface area contributed by atoms with Crippen molar-refractivity contribution in [1.29, 1.82) is 0 Å². The molecule has 19 rings (SSSR count). The third kappa shape index (κ3) is 16.6.